The Morgan fingerprint density at radius 3 is 2.61 bits per heavy atom. The maximum absolute atomic E-state index is 5.77. The van der Waals surface area contributed by atoms with Crippen LogP contribution >= 0.6 is 0 Å². The van der Waals surface area contributed by atoms with Crippen molar-refractivity contribution in [2.45, 2.75) is 31.7 Å². The molecular weight excluding hydrogens is 226 g/mol. The van der Waals surface area contributed by atoms with Gasteiger partial charge in [-0.25, -0.2) is 0 Å². The first-order valence-corrected chi connectivity index (χ1v) is 6.78. The second kappa shape index (κ2) is 6.64. The number of hydrogen-bond donors (Lipinski definition) is 1. The largest absolute Gasteiger partial charge is 0.493 e. The summed E-state index contributed by atoms with van der Waals surface area (Å²) < 4.78 is 11.0. The van der Waals surface area contributed by atoms with E-state index in [0.29, 0.717) is 6.04 Å². The summed E-state index contributed by atoms with van der Waals surface area (Å²) in [5.74, 6) is 2.55. The third-order valence-electron chi connectivity index (χ3n) is 3.55. The minimum absolute atomic E-state index is 0.672. The summed E-state index contributed by atoms with van der Waals surface area (Å²) in [6, 6.07) is 8.48. The molecule has 2 rings (SSSR count). The molecule has 3 nitrogen and oxygen atoms in total. The standard InChI is InChI=1S/C15H23NO2/c1-16-13(12-9-10-12)6-5-11-18-15-8-4-3-7-14(15)17-2/h3-4,7-8,12-13,16H,5-6,9-11H2,1-2H3. The fourth-order valence-corrected chi connectivity index (χ4v) is 2.34. The molecule has 18 heavy (non-hydrogen) atoms. The third-order valence-corrected chi connectivity index (χ3v) is 3.55. The molecule has 0 amide bonds. The van der Waals surface area contributed by atoms with Crippen LogP contribution in [0.25, 0.3) is 0 Å². The van der Waals surface area contributed by atoms with Gasteiger partial charge in [-0.05, 0) is 50.8 Å². The van der Waals surface area contributed by atoms with E-state index in [4.69, 9.17) is 9.47 Å². The summed E-state index contributed by atoms with van der Waals surface area (Å²) in [5.41, 5.74) is 0. The Bertz CT molecular complexity index is 363. The van der Waals surface area contributed by atoms with Crippen molar-refractivity contribution < 1.29 is 9.47 Å². The summed E-state index contributed by atoms with van der Waals surface area (Å²) in [7, 11) is 3.73. The smallest absolute Gasteiger partial charge is 0.161 e. The zero-order chi connectivity index (χ0) is 12.8. The van der Waals surface area contributed by atoms with Crippen molar-refractivity contribution in [3.63, 3.8) is 0 Å². The van der Waals surface area contributed by atoms with Gasteiger partial charge in [0.05, 0.1) is 13.7 Å². The lowest BCUT2D eigenvalue weighted by atomic mass is 10.1. The lowest BCUT2D eigenvalue weighted by Crippen LogP contribution is -2.27. The van der Waals surface area contributed by atoms with Crippen LogP contribution in [-0.2, 0) is 0 Å². The van der Waals surface area contributed by atoms with E-state index in [2.05, 4.69) is 12.4 Å². The predicted octanol–water partition coefficient (Wildman–Crippen LogP) is 2.85. The number of para-hydroxylation sites is 2. The normalized spacial score (nSPS) is 16.3. The van der Waals surface area contributed by atoms with Gasteiger partial charge in [-0.1, -0.05) is 12.1 Å². The van der Waals surface area contributed by atoms with Crippen molar-refractivity contribution in [1.29, 1.82) is 0 Å². The SMILES string of the molecule is CNC(CCCOc1ccccc1OC)C1CC1. The van der Waals surface area contributed by atoms with Crippen LogP contribution < -0.4 is 14.8 Å². The number of hydrogen-bond acceptors (Lipinski definition) is 3. The maximum atomic E-state index is 5.77. The van der Waals surface area contributed by atoms with Gasteiger partial charge in [0.2, 0.25) is 0 Å². The fraction of sp³-hybridized carbons (Fsp3) is 0.600. The van der Waals surface area contributed by atoms with Crippen LogP contribution in [0.15, 0.2) is 24.3 Å². The molecule has 0 saturated heterocycles. The molecule has 1 atom stereocenters. The molecule has 1 aliphatic rings. The zero-order valence-electron chi connectivity index (χ0n) is 11.3. The highest BCUT2D eigenvalue weighted by atomic mass is 16.5. The highest BCUT2D eigenvalue weighted by Crippen LogP contribution is 2.34. The molecule has 0 heterocycles. The molecule has 1 aromatic carbocycles. The van der Waals surface area contributed by atoms with Crippen molar-refractivity contribution in [3.8, 4) is 11.5 Å². The van der Waals surface area contributed by atoms with Crippen LogP contribution in [0.2, 0.25) is 0 Å². The van der Waals surface area contributed by atoms with Gasteiger partial charge in [-0.2, -0.15) is 0 Å². The molecular formula is C15H23NO2. The average molecular weight is 249 g/mol. The highest BCUT2D eigenvalue weighted by molar-refractivity contribution is 5.39. The number of rotatable bonds is 8. The van der Waals surface area contributed by atoms with E-state index in [0.717, 1.165) is 30.4 Å². The zero-order valence-corrected chi connectivity index (χ0v) is 11.3. The van der Waals surface area contributed by atoms with Crippen LogP contribution in [0, 0.1) is 5.92 Å². The fourth-order valence-electron chi connectivity index (χ4n) is 2.34. The molecule has 1 N–H and O–H groups in total. The third kappa shape index (κ3) is 3.64. The second-order valence-electron chi connectivity index (χ2n) is 4.87. The number of benzene rings is 1. The topological polar surface area (TPSA) is 30.5 Å². The minimum atomic E-state index is 0.672. The Balaban J connectivity index is 1.71. The first kappa shape index (κ1) is 13.2. The Labute approximate surface area is 109 Å². The summed E-state index contributed by atoms with van der Waals surface area (Å²) in [6.07, 6.45) is 5.05. The Kier molecular flexibility index (Phi) is 4.88. The predicted molar refractivity (Wildman–Crippen MR) is 73.3 cm³/mol. The highest BCUT2D eigenvalue weighted by Gasteiger charge is 2.29. The second-order valence-corrected chi connectivity index (χ2v) is 4.87. The van der Waals surface area contributed by atoms with Gasteiger partial charge in [-0.3, -0.25) is 0 Å². The van der Waals surface area contributed by atoms with E-state index in [9.17, 15) is 0 Å². The van der Waals surface area contributed by atoms with E-state index < -0.39 is 0 Å². The van der Waals surface area contributed by atoms with Gasteiger partial charge in [0.1, 0.15) is 0 Å². The number of nitrogens with one attached hydrogen (secondary N) is 1. The molecule has 1 aromatic rings. The molecule has 0 aromatic heterocycles. The van der Waals surface area contributed by atoms with Gasteiger partial charge in [0.25, 0.3) is 0 Å². The molecule has 1 aliphatic carbocycles. The van der Waals surface area contributed by atoms with Crippen LogP contribution in [0.5, 0.6) is 11.5 Å². The summed E-state index contributed by atoms with van der Waals surface area (Å²) in [4.78, 5) is 0. The number of methoxy groups -OCH3 is 1. The van der Waals surface area contributed by atoms with Crippen molar-refractivity contribution in [3.05, 3.63) is 24.3 Å². The molecule has 1 fully saturated rings. The van der Waals surface area contributed by atoms with Gasteiger partial charge >= 0.3 is 0 Å². The van der Waals surface area contributed by atoms with Crippen LogP contribution in [0.4, 0.5) is 0 Å². The molecule has 0 spiro atoms. The maximum Gasteiger partial charge on any atom is 0.161 e. The van der Waals surface area contributed by atoms with Crippen molar-refractivity contribution in [2.75, 3.05) is 20.8 Å². The quantitative estimate of drug-likeness (QED) is 0.719. The average Bonchev–Trinajstić information content (AvgIpc) is 3.24. The van der Waals surface area contributed by atoms with Crippen molar-refractivity contribution in [2.24, 2.45) is 5.92 Å². The minimum Gasteiger partial charge on any atom is -0.493 e. The van der Waals surface area contributed by atoms with Crippen LogP contribution in [-0.4, -0.2) is 26.8 Å². The summed E-state index contributed by atoms with van der Waals surface area (Å²) >= 11 is 0. The lowest BCUT2D eigenvalue weighted by Gasteiger charge is -2.15. The van der Waals surface area contributed by atoms with E-state index in [-0.39, 0.29) is 0 Å². The molecule has 3 heteroatoms. The van der Waals surface area contributed by atoms with E-state index in [1.807, 2.05) is 24.3 Å². The number of ether oxygens (including phenoxy) is 2. The van der Waals surface area contributed by atoms with E-state index >= 15 is 0 Å². The van der Waals surface area contributed by atoms with Crippen molar-refractivity contribution in [1.82, 2.24) is 5.32 Å². The molecule has 0 radical (unpaired) electrons. The molecule has 100 valence electrons. The van der Waals surface area contributed by atoms with Crippen LogP contribution in [0.3, 0.4) is 0 Å². The Morgan fingerprint density at radius 1 is 1.28 bits per heavy atom. The molecule has 0 aliphatic heterocycles. The van der Waals surface area contributed by atoms with E-state index in [1.165, 1.54) is 19.3 Å². The summed E-state index contributed by atoms with van der Waals surface area (Å²) in [5, 5.41) is 3.40. The monoisotopic (exact) mass is 249 g/mol. The van der Waals surface area contributed by atoms with Gasteiger partial charge < -0.3 is 14.8 Å². The van der Waals surface area contributed by atoms with E-state index in [1.54, 1.807) is 7.11 Å². The van der Waals surface area contributed by atoms with Gasteiger partial charge in [-0.15, -0.1) is 0 Å². The first-order chi connectivity index (χ1) is 8.85. The lowest BCUT2D eigenvalue weighted by molar-refractivity contribution is 0.276. The van der Waals surface area contributed by atoms with Gasteiger partial charge in [0.15, 0.2) is 11.5 Å². The summed E-state index contributed by atoms with van der Waals surface area (Å²) in [6.45, 7) is 0.755. The van der Waals surface area contributed by atoms with Gasteiger partial charge in [0, 0.05) is 6.04 Å². The Morgan fingerprint density at radius 2 is 2.00 bits per heavy atom. The molecule has 1 saturated carbocycles. The first-order valence-electron chi connectivity index (χ1n) is 6.78. The van der Waals surface area contributed by atoms with Crippen LogP contribution in [0.1, 0.15) is 25.7 Å². The molecule has 0 bridgehead atoms. The van der Waals surface area contributed by atoms with Crippen molar-refractivity contribution >= 4 is 0 Å². The molecule has 1 unspecified atom stereocenters. The Hall–Kier alpha value is -1.22.